The van der Waals surface area contributed by atoms with E-state index in [1.165, 1.54) is 0 Å². The highest BCUT2D eigenvalue weighted by molar-refractivity contribution is 6.09. The summed E-state index contributed by atoms with van der Waals surface area (Å²) in [7, 11) is 0. The number of hydrogen-bond donors (Lipinski definition) is 1. The maximum absolute atomic E-state index is 11.4. The molecule has 6 heteroatoms. The van der Waals surface area contributed by atoms with Crippen LogP contribution in [0.5, 0.6) is 0 Å². The molecule has 2 heterocycles. The molecule has 84 valence electrons. The van der Waals surface area contributed by atoms with Crippen molar-refractivity contribution in [2.75, 3.05) is 6.61 Å². The second kappa shape index (κ2) is 3.26. The summed E-state index contributed by atoms with van der Waals surface area (Å²) in [5.41, 5.74) is 0. The van der Waals surface area contributed by atoms with Gasteiger partial charge in [0, 0.05) is 0 Å². The summed E-state index contributed by atoms with van der Waals surface area (Å²) >= 11 is 0. The molecule has 2 saturated heterocycles. The number of ether oxygens (including phenoxy) is 3. The summed E-state index contributed by atoms with van der Waals surface area (Å²) in [6.45, 7) is 3.57. The molecule has 2 fully saturated rings. The molecule has 6 nitrogen and oxygen atoms in total. The van der Waals surface area contributed by atoms with E-state index in [9.17, 15) is 9.59 Å². The fourth-order valence-corrected chi connectivity index (χ4v) is 1.64. The van der Waals surface area contributed by atoms with Crippen LogP contribution in [0.25, 0.3) is 0 Å². The van der Waals surface area contributed by atoms with Gasteiger partial charge >= 0.3 is 5.97 Å². The van der Waals surface area contributed by atoms with Crippen molar-refractivity contribution in [3.63, 3.8) is 0 Å². The van der Waals surface area contributed by atoms with Crippen molar-refractivity contribution in [2.45, 2.75) is 37.9 Å². The van der Waals surface area contributed by atoms with Crippen molar-refractivity contribution in [1.82, 2.24) is 0 Å². The second-order valence-corrected chi connectivity index (χ2v) is 4.03. The van der Waals surface area contributed by atoms with E-state index >= 15 is 0 Å². The first-order chi connectivity index (χ1) is 6.91. The Morgan fingerprint density at radius 2 is 2.07 bits per heavy atom. The lowest BCUT2D eigenvalue weighted by Gasteiger charge is -2.18. The largest absolute Gasteiger partial charge is 0.449 e. The van der Waals surface area contributed by atoms with Crippen LogP contribution in [-0.2, 0) is 23.8 Å². The van der Waals surface area contributed by atoms with E-state index in [-0.39, 0.29) is 6.61 Å². The summed E-state index contributed by atoms with van der Waals surface area (Å²) in [5, 5.41) is 9.11. The number of esters is 1. The number of rotatable bonds is 1. The molecule has 3 atom stereocenters. The summed E-state index contributed by atoms with van der Waals surface area (Å²) in [5.74, 6) is -2.37. The molecule has 2 aliphatic heterocycles. The Kier molecular flexibility index (Phi) is 2.29. The average Bonchev–Trinajstić information content (AvgIpc) is 2.62. The molecular formula is C9H12O6. The van der Waals surface area contributed by atoms with Gasteiger partial charge in [-0.25, -0.2) is 4.79 Å². The molecule has 0 amide bonds. The van der Waals surface area contributed by atoms with Gasteiger partial charge in [0.05, 0.1) is 6.61 Å². The molecule has 0 aromatic rings. The maximum atomic E-state index is 11.4. The van der Waals surface area contributed by atoms with Crippen molar-refractivity contribution in [1.29, 1.82) is 0 Å². The van der Waals surface area contributed by atoms with Crippen molar-refractivity contribution in [3.05, 3.63) is 0 Å². The van der Waals surface area contributed by atoms with E-state index in [4.69, 9.17) is 19.3 Å². The Labute approximate surface area is 86.1 Å². The normalized spacial score (nSPS) is 39.5. The summed E-state index contributed by atoms with van der Waals surface area (Å²) in [4.78, 5) is 22.3. The van der Waals surface area contributed by atoms with Crippen molar-refractivity contribution in [3.8, 4) is 0 Å². The van der Waals surface area contributed by atoms with E-state index in [0.717, 1.165) is 0 Å². The van der Waals surface area contributed by atoms with Crippen LogP contribution in [-0.4, -0.2) is 47.6 Å². The molecule has 1 N–H and O–H groups in total. The SMILES string of the molecule is CC1(C)OC[C@@H]([C@@H]2OC(=O)C(O)C2=O)O1. The first-order valence-corrected chi connectivity index (χ1v) is 4.65. The van der Waals surface area contributed by atoms with E-state index < -0.39 is 35.9 Å². The van der Waals surface area contributed by atoms with Crippen LogP contribution in [0.15, 0.2) is 0 Å². The molecule has 0 radical (unpaired) electrons. The number of carbonyl (C=O) groups is 2. The molecule has 2 rings (SSSR count). The third-order valence-electron chi connectivity index (χ3n) is 2.38. The summed E-state index contributed by atoms with van der Waals surface area (Å²) in [6, 6.07) is 0. The highest BCUT2D eigenvalue weighted by Gasteiger charge is 2.50. The van der Waals surface area contributed by atoms with Gasteiger partial charge in [-0.1, -0.05) is 0 Å². The van der Waals surface area contributed by atoms with Gasteiger partial charge < -0.3 is 19.3 Å². The third-order valence-corrected chi connectivity index (χ3v) is 2.38. The fourth-order valence-electron chi connectivity index (χ4n) is 1.64. The number of aliphatic hydroxyl groups is 1. The van der Waals surface area contributed by atoms with Crippen LogP contribution >= 0.6 is 0 Å². The molecule has 0 bridgehead atoms. The molecule has 0 spiro atoms. The lowest BCUT2D eigenvalue weighted by Crippen LogP contribution is -2.37. The van der Waals surface area contributed by atoms with Gasteiger partial charge in [0.1, 0.15) is 6.10 Å². The first kappa shape index (κ1) is 10.5. The van der Waals surface area contributed by atoms with Crippen LogP contribution in [0.4, 0.5) is 0 Å². The second-order valence-electron chi connectivity index (χ2n) is 4.03. The predicted octanol–water partition coefficient (Wildman–Crippen LogP) is -1.01. The minimum atomic E-state index is -1.68. The van der Waals surface area contributed by atoms with E-state index in [0.29, 0.717) is 0 Å². The van der Waals surface area contributed by atoms with Crippen molar-refractivity contribution >= 4 is 11.8 Å². The van der Waals surface area contributed by atoms with Gasteiger partial charge in [-0.05, 0) is 13.8 Å². The Hall–Kier alpha value is -0.980. The number of Topliss-reactive ketones (excluding diaryl/α,β-unsaturated/α-hetero) is 1. The fraction of sp³-hybridized carbons (Fsp3) is 0.778. The smallest absolute Gasteiger partial charge is 0.343 e. The highest BCUT2D eigenvalue weighted by atomic mass is 16.8. The zero-order chi connectivity index (χ0) is 11.2. The molecule has 2 aliphatic rings. The lowest BCUT2D eigenvalue weighted by atomic mass is 10.1. The van der Waals surface area contributed by atoms with Crippen LogP contribution in [0.3, 0.4) is 0 Å². The molecule has 1 unspecified atom stereocenters. The van der Waals surface area contributed by atoms with Crippen molar-refractivity contribution < 1.29 is 28.9 Å². The van der Waals surface area contributed by atoms with Crippen LogP contribution in [0.1, 0.15) is 13.8 Å². The molecule has 0 aliphatic carbocycles. The average molecular weight is 216 g/mol. The van der Waals surface area contributed by atoms with E-state index in [1.54, 1.807) is 13.8 Å². The first-order valence-electron chi connectivity index (χ1n) is 4.65. The molecule has 15 heavy (non-hydrogen) atoms. The van der Waals surface area contributed by atoms with E-state index in [2.05, 4.69) is 0 Å². The predicted molar refractivity (Wildman–Crippen MR) is 45.8 cm³/mol. The van der Waals surface area contributed by atoms with Crippen LogP contribution in [0, 0.1) is 0 Å². The highest BCUT2D eigenvalue weighted by Crippen LogP contribution is 2.28. The number of aliphatic hydroxyl groups excluding tert-OH is 1. The quantitative estimate of drug-likeness (QED) is 0.447. The van der Waals surface area contributed by atoms with Gasteiger partial charge in [0.15, 0.2) is 11.9 Å². The molecular weight excluding hydrogens is 204 g/mol. The zero-order valence-electron chi connectivity index (χ0n) is 8.43. The number of cyclic esters (lactones) is 1. The van der Waals surface area contributed by atoms with E-state index in [1.807, 2.05) is 0 Å². The van der Waals surface area contributed by atoms with Gasteiger partial charge in [-0.2, -0.15) is 0 Å². The maximum Gasteiger partial charge on any atom is 0.343 e. The standard InChI is InChI=1S/C9H12O6/c1-9(2)13-3-4(15-9)7-5(10)6(11)8(12)14-7/h4,6-7,11H,3H2,1-2H3/t4-,6?,7-/m0/s1. The Bertz CT molecular complexity index is 310. The Balaban J connectivity index is 2.08. The van der Waals surface area contributed by atoms with Crippen molar-refractivity contribution in [2.24, 2.45) is 0 Å². The van der Waals surface area contributed by atoms with Gasteiger partial charge in [0.25, 0.3) is 0 Å². The van der Waals surface area contributed by atoms with Gasteiger partial charge in [-0.15, -0.1) is 0 Å². The number of hydrogen-bond acceptors (Lipinski definition) is 6. The minimum Gasteiger partial charge on any atom is -0.449 e. The summed E-state index contributed by atoms with van der Waals surface area (Å²) < 4.78 is 15.3. The van der Waals surface area contributed by atoms with Crippen LogP contribution < -0.4 is 0 Å². The third kappa shape index (κ3) is 1.75. The Morgan fingerprint density at radius 3 is 2.47 bits per heavy atom. The van der Waals surface area contributed by atoms with Gasteiger partial charge in [-0.3, -0.25) is 4.79 Å². The monoisotopic (exact) mass is 216 g/mol. The zero-order valence-corrected chi connectivity index (χ0v) is 8.43. The number of carbonyl (C=O) groups excluding carboxylic acids is 2. The van der Waals surface area contributed by atoms with Crippen LogP contribution in [0.2, 0.25) is 0 Å². The molecule has 0 aromatic carbocycles. The molecule has 0 saturated carbocycles. The topological polar surface area (TPSA) is 82.1 Å². The minimum absolute atomic E-state index is 0.170. The van der Waals surface area contributed by atoms with Gasteiger partial charge in [0.2, 0.25) is 11.9 Å². The number of ketones is 1. The Morgan fingerprint density at radius 1 is 1.40 bits per heavy atom. The molecule has 0 aromatic heterocycles. The lowest BCUT2D eigenvalue weighted by molar-refractivity contribution is -0.164. The summed E-state index contributed by atoms with van der Waals surface area (Å²) in [6.07, 6.45) is -3.36.